The lowest BCUT2D eigenvalue weighted by Crippen LogP contribution is -2.51. The molecule has 1 saturated heterocycles. The van der Waals surface area contributed by atoms with Gasteiger partial charge in [0.2, 0.25) is 5.91 Å². The molecule has 0 aliphatic carbocycles. The molecular formula is C19H28Cl2N2O2. The van der Waals surface area contributed by atoms with E-state index < -0.39 is 5.54 Å². The number of anilines is 1. The lowest BCUT2D eigenvalue weighted by Gasteiger charge is -2.23. The molecule has 140 valence electrons. The van der Waals surface area contributed by atoms with Gasteiger partial charge in [-0.1, -0.05) is 62.2 Å². The zero-order chi connectivity index (χ0) is 18.4. The maximum absolute atomic E-state index is 12.5. The van der Waals surface area contributed by atoms with Crippen LogP contribution in [-0.2, 0) is 11.2 Å². The first-order valence-corrected chi connectivity index (χ1v) is 9.88. The van der Waals surface area contributed by atoms with Crippen molar-refractivity contribution in [1.29, 1.82) is 0 Å². The van der Waals surface area contributed by atoms with E-state index in [0.29, 0.717) is 28.7 Å². The summed E-state index contributed by atoms with van der Waals surface area (Å²) >= 11 is 12.8. The number of carbonyl (C=O) groups excluding carboxylic acids is 1. The van der Waals surface area contributed by atoms with Gasteiger partial charge in [0, 0.05) is 6.54 Å². The first-order chi connectivity index (χ1) is 11.9. The predicted octanol–water partition coefficient (Wildman–Crippen LogP) is 4.32. The number of aryl methyl sites for hydroxylation is 1. The summed E-state index contributed by atoms with van der Waals surface area (Å²) in [7, 11) is 0. The third-order valence-electron chi connectivity index (χ3n) is 4.90. The van der Waals surface area contributed by atoms with Gasteiger partial charge in [-0.05, 0) is 37.0 Å². The molecule has 1 fully saturated rings. The molecule has 4 nitrogen and oxygen atoms in total. The molecule has 1 heterocycles. The van der Waals surface area contributed by atoms with E-state index in [1.165, 1.54) is 37.0 Å². The minimum absolute atomic E-state index is 0.331. The first-order valence-electron chi connectivity index (χ1n) is 9.12. The Morgan fingerprint density at radius 3 is 2.32 bits per heavy atom. The molecule has 3 N–H and O–H groups in total. The van der Waals surface area contributed by atoms with Crippen LogP contribution in [0.25, 0.3) is 0 Å². The molecule has 1 atom stereocenters. The zero-order valence-corrected chi connectivity index (χ0v) is 16.4. The van der Waals surface area contributed by atoms with Crippen LogP contribution in [0.3, 0.4) is 0 Å². The lowest BCUT2D eigenvalue weighted by atomic mass is 10.0. The molecule has 0 saturated carbocycles. The number of hydrogen-bond donors (Lipinski definition) is 2. The summed E-state index contributed by atoms with van der Waals surface area (Å²) in [6, 6.07) is 3.77. The minimum Gasteiger partial charge on any atom is -0.394 e. The van der Waals surface area contributed by atoms with Crippen LogP contribution in [-0.4, -0.2) is 29.7 Å². The van der Waals surface area contributed by atoms with Gasteiger partial charge < -0.3 is 15.7 Å². The summed E-state index contributed by atoms with van der Waals surface area (Å²) in [6.07, 6.45) is 8.72. The molecule has 0 radical (unpaired) electrons. The third kappa shape index (κ3) is 4.88. The first kappa shape index (κ1) is 20.5. The standard InChI is InChI=1S/C19H28Cl2N2O2/c1-2-3-4-5-6-7-8-14-11-15(20)17(16(21)12-14)23-10-9-19(22,13-24)18(23)25/h11-12,24H,2-10,13,22H2,1H3. The quantitative estimate of drug-likeness (QED) is 0.620. The van der Waals surface area contributed by atoms with Crippen molar-refractivity contribution >= 4 is 34.8 Å². The van der Waals surface area contributed by atoms with Gasteiger partial charge in [-0.15, -0.1) is 0 Å². The Balaban J connectivity index is 2.02. The normalized spacial score (nSPS) is 20.5. The molecule has 0 spiro atoms. The van der Waals surface area contributed by atoms with Crippen molar-refractivity contribution in [2.24, 2.45) is 5.73 Å². The van der Waals surface area contributed by atoms with Crippen LogP contribution in [0, 0.1) is 0 Å². The van der Waals surface area contributed by atoms with Crippen molar-refractivity contribution in [2.75, 3.05) is 18.1 Å². The number of carbonyl (C=O) groups is 1. The van der Waals surface area contributed by atoms with E-state index in [1.807, 2.05) is 12.1 Å². The Kier molecular flexibility index (Phi) is 7.56. The fraction of sp³-hybridized carbons (Fsp3) is 0.632. The summed E-state index contributed by atoms with van der Waals surface area (Å²) in [5.74, 6) is -0.331. The largest absolute Gasteiger partial charge is 0.394 e. The summed E-state index contributed by atoms with van der Waals surface area (Å²) in [4.78, 5) is 14.0. The summed E-state index contributed by atoms with van der Waals surface area (Å²) in [5, 5.41) is 10.3. The molecular weight excluding hydrogens is 359 g/mol. The van der Waals surface area contributed by atoms with Crippen LogP contribution in [0.1, 0.15) is 57.4 Å². The molecule has 25 heavy (non-hydrogen) atoms. The van der Waals surface area contributed by atoms with E-state index in [-0.39, 0.29) is 12.5 Å². The van der Waals surface area contributed by atoms with Crippen LogP contribution >= 0.6 is 23.2 Å². The number of nitrogens with zero attached hydrogens (tertiary/aromatic N) is 1. The molecule has 0 bridgehead atoms. The smallest absolute Gasteiger partial charge is 0.249 e. The van der Waals surface area contributed by atoms with Gasteiger partial charge in [-0.3, -0.25) is 4.79 Å². The summed E-state index contributed by atoms with van der Waals surface area (Å²) in [6.45, 7) is 2.24. The van der Waals surface area contributed by atoms with E-state index in [9.17, 15) is 9.90 Å². The average molecular weight is 387 g/mol. The molecule has 0 aromatic heterocycles. The van der Waals surface area contributed by atoms with Crippen molar-refractivity contribution in [2.45, 2.75) is 63.8 Å². The number of benzene rings is 1. The Morgan fingerprint density at radius 1 is 1.16 bits per heavy atom. The van der Waals surface area contributed by atoms with E-state index in [0.717, 1.165) is 18.4 Å². The van der Waals surface area contributed by atoms with E-state index in [1.54, 1.807) is 0 Å². The van der Waals surface area contributed by atoms with E-state index in [4.69, 9.17) is 28.9 Å². The monoisotopic (exact) mass is 386 g/mol. The number of amides is 1. The van der Waals surface area contributed by atoms with Crippen LogP contribution in [0.2, 0.25) is 10.0 Å². The fourth-order valence-electron chi connectivity index (χ4n) is 3.28. The highest BCUT2D eigenvalue weighted by Crippen LogP contribution is 2.39. The van der Waals surface area contributed by atoms with Crippen molar-refractivity contribution in [3.8, 4) is 0 Å². The van der Waals surface area contributed by atoms with Crippen LogP contribution < -0.4 is 10.6 Å². The van der Waals surface area contributed by atoms with Gasteiger partial charge in [0.1, 0.15) is 5.54 Å². The van der Waals surface area contributed by atoms with Gasteiger partial charge in [0.25, 0.3) is 0 Å². The number of aliphatic hydroxyl groups is 1. The molecule has 1 aromatic carbocycles. The molecule has 6 heteroatoms. The third-order valence-corrected chi connectivity index (χ3v) is 5.48. The molecule has 1 aromatic rings. The number of halogens is 2. The lowest BCUT2D eigenvalue weighted by molar-refractivity contribution is -0.122. The van der Waals surface area contributed by atoms with Gasteiger partial charge in [0.15, 0.2) is 0 Å². The Bertz CT molecular complexity index is 586. The highest BCUT2D eigenvalue weighted by molar-refractivity contribution is 6.40. The highest BCUT2D eigenvalue weighted by atomic mass is 35.5. The molecule has 1 aliphatic heterocycles. The number of unbranched alkanes of at least 4 members (excludes halogenated alkanes) is 5. The highest BCUT2D eigenvalue weighted by Gasteiger charge is 2.44. The number of aliphatic hydroxyl groups excluding tert-OH is 1. The van der Waals surface area contributed by atoms with Crippen molar-refractivity contribution < 1.29 is 9.90 Å². The van der Waals surface area contributed by atoms with Crippen LogP contribution in [0.15, 0.2) is 12.1 Å². The maximum Gasteiger partial charge on any atom is 0.249 e. The minimum atomic E-state index is -1.23. The van der Waals surface area contributed by atoms with E-state index in [2.05, 4.69) is 6.92 Å². The van der Waals surface area contributed by atoms with E-state index >= 15 is 0 Å². The second kappa shape index (κ2) is 9.22. The van der Waals surface area contributed by atoms with Gasteiger partial charge in [0.05, 0.1) is 22.3 Å². The SMILES string of the molecule is CCCCCCCCc1cc(Cl)c(N2CCC(N)(CO)C2=O)c(Cl)c1. The number of hydrogen-bond acceptors (Lipinski definition) is 3. The summed E-state index contributed by atoms with van der Waals surface area (Å²) in [5.41, 5.74) is 6.30. The Morgan fingerprint density at radius 2 is 1.76 bits per heavy atom. The molecule has 2 rings (SSSR count). The van der Waals surface area contributed by atoms with Crippen molar-refractivity contribution in [1.82, 2.24) is 0 Å². The molecule has 1 amide bonds. The Hall–Kier alpha value is -0.810. The Labute approximate surface area is 160 Å². The van der Waals surface area contributed by atoms with Gasteiger partial charge in [-0.2, -0.15) is 0 Å². The molecule has 1 aliphatic rings. The zero-order valence-electron chi connectivity index (χ0n) is 14.9. The second-order valence-corrected chi connectivity index (χ2v) is 7.76. The topological polar surface area (TPSA) is 66.6 Å². The number of rotatable bonds is 9. The van der Waals surface area contributed by atoms with Gasteiger partial charge >= 0.3 is 0 Å². The fourth-order valence-corrected chi connectivity index (χ4v) is 4.01. The van der Waals surface area contributed by atoms with Gasteiger partial charge in [-0.25, -0.2) is 0 Å². The number of nitrogens with two attached hydrogens (primary N) is 1. The van der Waals surface area contributed by atoms with Crippen LogP contribution in [0.5, 0.6) is 0 Å². The summed E-state index contributed by atoms with van der Waals surface area (Å²) < 4.78 is 0. The predicted molar refractivity (Wildman–Crippen MR) is 105 cm³/mol. The second-order valence-electron chi connectivity index (χ2n) is 6.95. The molecule has 1 unspecified atom stereocenters. The van der Waals surface area contributed by atoms with Crippen molar-refractivity contribution in [3.63, 3.8) is 0 Å². The van der Waals surface area contributed by atoms with Crippen molar-refractivity contribution in [3.05, 3.63) is 27.7 Å². The average Bonchev–Trinajstić information content (AvgIpc) is 2.87. The van der Waals surface area contributed by atoms with Crippen LogP contribution in [0.4, 0.5) is 5.69 Å². The maximum atomic E-state index is 12.5.